The van der Waals surface area contributed by atoms with Crippen molar-refractivity contribution in [2.24, 2.45) is 4.99 Å². The Morgan fingerprint density at radius 1 is 1.18 bits per heavy atom. The van der Waals surface area contributed by atoms with Gasteiger partial charge in [0.1, 0.15) is 0 Å². The van der Waals surface area contributed by atoms with Crippen molar-refractivity contribution < 1.29 is 0 Å². The third-order valence-electron chi connectivity index (χ3n) is 4.92. The van der Waals surface area contributed by atoms with Crippen LogP contribution >= 0.6 is 11.8 Å². The molecule has 0 amide bonds. The van der Waals surface area contributed by atoms with Gasteiger partial charge in [0.05, 0.1) is 0 Å². The van der Waals surface area contributed by atoms with Crippen LogP contribution in [0.5, 0.6) is 0 Å². The predicted octanol–water partition coefficient (Wildman–Crippen LogP) is 2.61. The standard InChI is InChI=1S/C17H34N4S/c1-4-20(5-2)11-7-12-21(17-18-10-6-15-22-17)16-8-13-19(3)14-9-16/h16H,4-15H2,1-3H3. The number of thioether (sulfide) groups is 1. The van der Waals surface area contributed by atoms with E-state index in [-0.39, 0.29) is 0 Å². The molecule has 0 aromatic rings. The molecule has 0 aromatic heterocycles. The first-order valence-electron chi connectivity index (χ1n) is 9.09. The maximum Gasteiger partial charge on any atom is 0.159 e. The molecule has 0 bridgehead atoms. The summed E-state index contributed by atoms with van der Waals surface area (Å²) in [5.41, 5.74) is 0. The summed E-state index contributed by atoms with van der Waals surface area (Å²) in [5, 5.41) is 1.33. The molecule has 0 spiro atoms. The topological polar surface area (TPSA) is 22.1 Å². The van der Waals surface area contributed by atoms with E-state index in [2.05, 4.69) is 35.6 Å². The van der Waals surface area contributed by atoms with Gasteiger partial charge in [-0.15, -0.1) is 0 Å². The fourth-order valence-electron chi connectivity index (χ4n) is 3.37. The van der Waals surface area contributed by atoms with Gasteiger partial charge in [-0.25, -0.2) is 0 Å². The van der Waals surface area contributed by atoms with E-state index >= 15 is 0 Å². The van der Waals surface area contributed by atoms with E-state index in [1.165, 1.54) is 75.9 Å². The van der Waals surface area contributed by atoms with Gasteiger partial charge in [0.15, 0.2) is 5.17 Å². The maximum atomic E-state index is 4.84. The number of hydrogen-bond acceptors (Lipinski definition) is 5. The van der Waals surface area contributed by atoms with Crippen LogP contribution in [-0.2, 0) is 0 Å². The molecule has 0 atom stereocenters. The Labute approximate surface area is 141 Å². The van der Waals surface area contributed by atoms with Gasteiger partial charge in [-0.1, -0.05) is 25.6 Å². The highest BCUT2D eigenvalue weighted by molar-refractivity contribution is 8.13. The fraction of sp³-hybridized carbons (Fsp3) is 0.941. The van der Waals surface area contributed by atoms with Gasteiger partial charge < -0.3 is 14.7 Å². The number of nitrogens with zero attached hydrogens (tertiary/aromatic N) is 4. The first-order valence-corrected chi connectivity index (χ1v) is 10.1. The average Bonchev–Trinajstić information content (AvgIpc) is 2.57. The number of amidine groups is 1. The summed E-state index contributed by atoms with van der Waals surface area (Å²) in [6.07, 6.45) is 5.09. The first-order chi connectivity index (χ1) is 10.7. The average molecular weight is 327 g/mol. The molecule has 0 aliphatic carbocycles. The van der Waals surface area contributed by atoms with Crippen LogP contribution in [0.15, 0.2) is 4.99 Å². The van der Waals surface area contributed by atoms with Gasteiger partial charge in [0.2, 0.25) is 0 Å². The van der Waals surface area contributed by atoms with Crippen molar-refractivity contribution >= 4 is 16.9 Å². The smallest absolute Gasteiger partial charge is 0.159 e. The van der Waals surface area contributed by atoms with Crippen molar-refractivity contribution in [3.8, 4) is 0 Å². The van der Waals surface area contributed by atoms with E-state index in [4.69, 9.17) is 4.99 Å². The van der Waals surface area contributed by atoms with Crippen LogP contribution in [0, 0.1) is 0 Å². The number of hydrogen-bond donors (Lipinski definition) is 0. The lowest BCUT2D eigenvalue weighted by Crippen LogP contribution is -2.47. The zero-order valence-corrected chi connectivity index (χ0v) is 15.6. The molecule has 128 valence electrons. The van der Waals surface area contributed by atoms with Crippen molar-refractivity contribution in [2.75, 3.05) is 58.6 Å². The molecule has 4 nitrogen and oxygen atoms in total. The molecule has 0 N–H and O–H groups in total. The quantitative estimate of drug-likeness (QED) is 0.717. The number of aliphatic imine (C=N–C) groups is 1. The van der Waals surface area contributed by atoms with Gasteiger partial charge >= 0.3 is 0 Å². The second-order valence-corrected chi connectivity index (χ2v) is 7.54. The van der Waals surface area contributed by atoms with E-state index in [1.807, 2.05) is 11.8 Å². The molecule has 0 aromatic carbocycles. The molecule has 2 aliphatic heterocycles. The van der Waals surface area contributed by atoms with Crippen molar-refractivity contribution in [2.45, 2.75) is 45.6 Å². The van der Waals surface area contributed by atoms with Crippen molar-refractivity contribution in [1.82, 2.24) is 14.7 Å². The third-order valence-corrected chi connectivity index (χ3v) is 6.04. The Balaban J connectivity index is 1.91. The molecule has 2 heterocycles. The Bertz CT molecular complexity index is 336. The maximum absolute atomic E-state index is 4.84. The summed E-state index contributed by atoms with van der Waals surface area (Å²) < 4.78 is 0. The van der Waals surface area contributed by atoms with Gasteiger partial charge in [0.25, 0.3) is 0 Å². The van der Waals surface area contributed by atoms with Crippen LogP contribution in [0.3, 0.4) is 0 Å². The molecule has 1 fully saturated rings. The Kier molecular flexibility index (Phi) is 8.04. The lowest BCUT2D eigenvalue weighted by Gasteiger charge is -2.39. The largest absolute Gasteiger partial charge is 0.348 e. The first kappa shape index (κ1) is 18.1. The lowest BCUT2D eigenvalue weighted by atomic mass is 10.0. The van der Waals surface area contributed by atoms with Gasteiger partial charge in [0, 0.05) is 24.9 Å². The van der Waals surface area contributed by atoms with Crippen molar-refractivity contribution in [3.05, 3.63) is 0 Å². The van der Waals surface area contributed by atoms with Crippen LogP contribution in [0.4, 0.5) is 0 Å². The molecule has 0 radical (unpaired) electrons. The monoisotopic (exact) mass is 326 g/mol. The number of rotatable bonds is 7. The molecule has 0 unspecified atom stereocenters. The predicted molar refractivity (Wildman–Crippen MR) is 99.0 cm³/mol. The van der Waals surface area contributed by atoms with E-state index in [0.29, 0.717) is 6.04 Å². The number of likely N-dealkylation sites (tertiary alicyclic amines) is 1. The van der Waals surface area contributed by atoms with Crippen LogP contribution in [0.2, 0.25) is 0 Å². The summed E-state index contributed by atoms with van der Waals surface area (Å²) in [6.45, 7) is 12.7. The Morgan fingerprint density at radius 3 is 2.50 bits per heavy atom. The zero-order chi connectivity index (χ0) is 15.8. The molecular formula is C17H34N4S. The highest BCUT2D eigenvalue weighted by atomic mass is 32.2. The summed E-state index contributed by atoms with van der Waals surface area (Å²) >= 11 is 1.98. The van der Waals surface area contributed by atoms with E-state index < -0.39 is 0 Å². The molecule has 22 heavy (non-hydrogen) atoms. The van der Waals surface area contributed by atoms with E-state index in [0.717, 1.165) is 6.54 Å². The van der Waals surface area contributed by atoms with E-state index in [9.17, 15) is 0 Å². The summed E-state index contributed by atoms with van der Waals surface area (Å²) in [5.74, 6) is 1.25. The zero-order valence-electron chi connectivity index (χ0n) is 14.8. The normalized spacial score (nSPS) is 21.2. The second-order valence-electron chi connectivity index (χ2n) is 6.47. The molecular weight excluding hydrogens is 292 g/mol. The lowest BCUT2D eigenvalue weighted by molar-refractivity contribution is 0.171. The molecule has 5 heteroatoms. The highest BCUT2D eigenvalue weighted by Crippen LogP contribution is 2.23. The second kappa shape index (κ2) is 9.78. The minimum absolute atomic E-state index is 0.706. The molecule has 2 aliphatic rings. The summed E-state index contributed by atoms with van der Waals surface area (Å²) in [6, 6.07) is 0.706. The highest BCUT2D eigenvalue weighted by Gasteiger charge is 2.26. The minimum atomic E-state index is 0.706. The molecule has 2 rings (SSSR count). The molecule has 0 saturated carbocycles. The third kappa shape index (κ3) is 5.43. The van der Waals surface area contributed by atoms with Crippen LogP contribution in [-0.4, -0.2) is 84.5 Å². The minimum Gasteiger partial charge on any atom is -0.348 e. The summed E-state index contributed by atoms with van der Waals surface area (Å²) in [7, 11) is 2.24. The Morgan fingerprint density at radius 2 is 1.91 bits per heavy atom. The fourth-order valence-corrected chi connectivity index (χ4v) is 4.41. The van der Waals surface area contributed by atoms with Crippen LogP contribution in [0.1, 0.15) is 39.5 Å². The van der Waals surface area contributed by atoms with Crippen LogP contribution in [0.25, 0.3) is 0 Å². The van der Waals surface area contributed by atoms with Gasteiger partial charge in [-0.2, -0.15) is 0 Å². The van der Waals surface area contributed by atoms with Crippen LogP contribution < -0.4 is 0 Å². The van der Waals surface area contributed by atoms with Gasteiger partial charge in [-0.3, -0.25) is 4.99 Å². The van der Waals surface area contributed by atoms with Gasteiger partial charge in [-0.05, 0) is 65.5 Å². The van der Waals surface area contributed by atoms with Crippen molar-refractivity contribution in [1.29, 1.82) is 0 Å². The molecule has 1 saturated heterocycles. The Hall–Kier alpha value is -0.260. The number of piperidine rings is 1. The van der Waals surface area contributed by atoms with E-state index in [1.54, 1.807) is 0 Å². The summed E-state index contributed by atoms with van der Waals surface area (Å²) in [4.78, 5) is 12.5. The SMILES string of the molecule is CCN(CC)CCCN(C1=NCCCS1)C1CCN(C)CC1. The van der Waals surface area contributed by atoms with Crippen molar-refractivity contribution in [3.63, 3.8) is 0 Å².